The van der Waals surface area contributed by atoms with Crippen molar-refractivity contribution in [3.63, 3.8) is 0 Å². The second kappa shape index (κ2) is 9.45. The highest BCUT2D eigenvalue weighted by Crippen LogP contribution is 2.33. The largest absolute Gasteiger partial charge is 0.493 e. The van der Waals surface area contributed by atoms with E-state index in [0.29, 0.717) is 42.9 Å². The molecule has 0 heterocycles. The fourth-order valence-corrected chi connectivity index (χ4v) is 3.66. The maximum Gasteiger partial charge on any atom is 0.227 e. The lowest BCUT2D eigenvalue weighted by atomic mass is 9.81. The number of nitrogens with one attached hydrogen (secondary N) is 2. The molecule has 1 saturated carbocycles. The second-order valence-corrected chi connectivity index (χ2v) is 7.46. The van der Waals surface area contributed by atoms with Crippen LogP contribution in [-0.4, -0.2) is 26.0 Å². The minimum atomic E-state index is -0.0912. The Morgan fingerprint density at radius 2 is 1.24 bits per heavy atom. The number of rotatable bonds is 6. The molecule has 2 amide bonds. The van der Waals surface area contributed by atoms with Gasteiger partial charge in [-0.15, -0.1) is 0 Å². The van der Waals surface area contributed by atoms with Gasteiger partial charge in [-0.05, 0) is 56.9 Å². The standard InChI is InChI=1S/C23H28N2O4/c1-15-4-10-18(11-5-15)24-22(26)16-6-8-17(9-7-16)23(27)25-19-12-13-20(28-2)21(14-19)29-3/h4-5,10-14,16-17H,6-9H2,1-3H3,(H,24,26)(H,25,27). The van der Waals surface area contributed by atoms with Crippen LogP contribution in [0.25, 0.3) is 0 Å². The van der Waals surface area contributed by atoms with Crippen molar-refractivity contribution in [2.75, 3.05) is 24.9 Å². The Labute approximate surface area is 171 Å². The molecule has 6 nitrogen and oxygen atoms in total. The first-order valence-electron chi connectivity index (χ1n) is 9.90. The first-order valence-corrected chi connectivity index (χ1v) is 9.90. The van der Waals surface area contributed by atoms with Gasteiger partial charge in [0.05, 0.1) is 14.2 Å². The molecule has 1 aliphatic carbocycles. The van der Waals surface area contributed by atoms with E-state index in [1.54, 1.807) is 32.4 Å². The summed E-state index contributed by atoms with van der Waals surface area (Å²) in [5, 5.41) is 5.93. The Balaban J connectivity index is 1.51. The van der Waals surface area contributed by atoms with Crippen molar-refractivity contribution in [3.05, 3.63) is 48.0 Å². The zero-order valence-corrected chi connectivity index (χ0v) is 17.2. The Hall–Kier alpha value is -3.02. The molecule has 0 spiro atoms. The van der Waals surface area contributed by atoms with Gasteiger partial charge in [-0.2, -0.15) is 0 Å². The minimum Gasteiger partial charge on any atom is -0.493 e. The molecule has 2 aromatic rings. The van der Waals surface area contributed by atoms with Crippen LogP contribution >= 0.6 is 0 Å². The summed E-state index contributed by atoms with van der Waals surface area (Å²) in [5.41, 5.74) is 2.64. The smallest absolute Gasteiger partial charge is 0.227 e. The zero-order valence-electron chi connectivity index (χ0n) is 17.2. The zero-order chi connectivity index (χ0) is 20.8. The Kier molecular flexibility index (Phi) is 6.75. The van der Waals surface area contributed by atoms with Gasteiger partial charge in [0, 0.05) is 29.3 Å². The monoisotopic (exact) mass is 396 g/mol. The van der Waals surface area contributed by atoms with Crippen LogP contribution in [0.15, 0.2) is 42.5 Å². The molecule has 0 aromatic heterocycles. The molecular formula is C23H28N2O4. The van der Waals surface area contributed by atoms with Gasteiger partial charge in [0.2, 0.25) is 11.8 Å². The molecular weight excluding hydrogens is 368 g/mol. The van der Waals surface area contributed by atoms with E-state index in [2.05, 4.69) is 10.6 Å². The summed E-state index contributed by atoms with van der Waals surface area (Å²) in [7, 11) is 3.13. The van der Waals surface area contributed by atoms with Gasteiger partial charge in [0.15, 0.2) is 11.5 Å². The highest BCUT2D eigenvalue weighted by atomic mass is 16.5. The van der Waals surface area contributed by atoms with Crippen LogP contribution in [0.1, 0.15) is 31.2 Å². The SMILES string of the molecule is COc1ccc(NC(=O)C2CCC(C(=O)Nc3ccc(C)cc3)CC2)cc1OC. The number of aryl methyl sites for hydroxylation is 1. The van der Waals surface area contributed by atoms with Gasteiger partial charge in [-0.25, -0.2) is 0 Å². The van der Waals surface area contributed by atoms with Crippen LogP contribution < -0.4 is 20.1 Å². The fourth-order valence-electron chi connectivity index (χ4n) is 3.66. The van der Waals surface area contributed by atoms with E-state index in [0.717, 1.165) is 11.3 Å². The second-order valence-electron chi connectivity index (χ2n) is 7.46. The average Bonchev–Trinajstić information content (AvgIpc) is 2.75. The summed E-state index contributed by atoms with van der Waals surface area (Å²) < 4.78 is 10.5. The summed E-state index contributed by atoms with van der Waals surface area (Å²) in [6.07, 6.45) is 2.82. The molecule has 6 heteroatoms. The van der Waals surface area contributed by atoms with E-state index in [1.165, 1.54) is 0 Å². The predicted molar refractivity (Wildman–Crippen MR) is 113 cm³/mol. The third-order valence-electron chi connectivity index (χ3n) is 5.44. The van der Waals surface area contributed by atoms with Crippen LogP contribution in [0.2, 0.25) is 0 Å². The van der Waals surface area contributed by atoms with Crippen molar-refractivity contribution < 1.29 is 19.1 Å². The highest BCUT2D eigenvalue weighted by molar-refractivity contribution is 5.94. The molecule has 154 valence electrons. The van der Waals surface area contributed by atoms with E-state index >= 15 is 0 Å². The lowest BCUT2D eigenvalue weighted by molar-refractivity contribution is -0.125. The van der Waals surface area contributed by atoms with Gasteiger partial charge in [0.25, 0.3) is 0 Å². The third kappa shape index (κ3) is 5.28. The molecule has 2 N–H and O–H groups in total. The Morgan fingerprint density at radius 1 is 0.759 bits per heavy atom. The van der Waals surface area contributed by atoms with E-state index in [9.17, 15) is 9.59 Å². The van der Waals surface area contributed by atoms with Crippen molar-refractivity contribution in [1.29, 1.82) is 0 Å². The summed E-state index contributed by atoms with van der Waals surface area (Å²) in [4.78, 5) is 25.2. The van der Waals surface area contributed by atoms with E-state index in [1.807, 2.05) is 31.2 Å². The molecule has 0 aliphatic heterocycles. The van der Waals surface area contributed by atoms with Gasteiger partial charge >= 0.3 is 0 Å². The van der Waals surface area contributed by atoms with Crippen molar-refractivity contribution in [2.45, 2.75) is 32.6 Å². The number of hydrogen-bond acceptors (Lipinski definition) is 4. The quantitative estimate of drug-likeness (QED) is 0.759. The summed E-state index contributed by atoms with van der Waals surface area (Å²) in [6.45, 7) is 2.01. The molecule has 1 aliphatic rings. The molecule has 1 fully saturated rings. The molecule has 2 aromatic carbocycles. The normalized spacial score (nSPS) is 18.6. The van der Waals surface area contributed by atoms with E-state index in [-0.39, 0.29) is 23.7 Å². The van der Waals surface area contributed by atoms with Gasteiger partial charge in [0.1, 0.15) is 0 Å². The first kappa shape index (κ1) is 20.7. The average molecular weight is 396 g/mol. The number of amides is 2. The lowest BCUT2D eigenvalue weighted by Crippen LogP contribution is -2.32. The number of carbonyl (C=O) groups is 2. The van der Waals surface area contributed by atoms with Crippen molar-refractivity contribution >= 4 is 23.2 Å². The van der Waals surface area contributed by atoms with E-state index < -0.39 is 0 Å². The molecule has 0 saturated heterocycles. The number of anilines is 2. The maximum absolute atomic E-state index is 12.6. The Bertz CT molecular complexity index is 856. The van der Waals surface area contributed by atoms with E-state index in [4.69, 9.17) is 9.47 Å². The van der Waals surface area contributed by atoms with Crippen molar-refractivity contribution in [1.82, 2.24) is 0 Å². The number of methoxy groups -OCH3 is 2. The van der Waals surface area contributed by atoms with Crippen molar-refractivity contribution in [2.24, 2.45) is 11.8 Å². The molecule has 0 atom stereocenters. The Morgan fingerprint density at radius 3 is 1.76 bits per heavy atom. The maximum atomic E-state index is 12.6. The van der Waals surface area contributed by atoms with Crippen LogP contribution in [0.3, 0.4) is 0 Å². The van der Waals surface area contributed by atoms with Gasteiger partial charge in [-0.1, -0.05) is 17.7 Å². The molecule has 0 bridgehead atoms. The van der Waals surface area contributed by atoms with Crippen molar-refractivity contribution in [3.8, 4) is 11.5 Å². The summed E-state index contributed by atoms with van der Waals surface area (Å²) in [5.74, 6) is 1.06. The van der Waals surface area contributed by atoms with Crippen LogP contribution in [0.4, 0.5) is 11.4 Å². The molecule has 0 radical (unpaired) electrons. The van der Waals surface area contributed by atoms with Crippen LogP contribution in [0, 0.1) is 18.8 Å². The minimum absolute atomic E-state index is 0.0189. The first-order chi connectivity index (χ1) is 14.0. The predicted octanol–water partition coefficient (Wildman–Crippen LogP) is 4.40. The summed E-state index contributed by atoms with van der Waals surface area (Å²) in [6, 6.07) is 13.1. The highest BCUT2D eigenvalue weighted by Gasteiger charge is 2.30. The number of ether oxygens (including phenoxy) is 2. The molecule has 0 unspecified atom stereocenters. The third-order valence-corrected chi connectivity index (χ3v) is 5.44. The fraction of sp³-hybridized carbons (Fsp3) is 0.391. The number of carbonyl (C=O) groups excluding carboxylic acids is 2. The van der Waals surface area contributed by atoms with Gasteiger partial charge < -0.3 is 20.1 Å². The van der Waals surface area contributed by atoms with Crippen LogP contribution in [0.5, 0.6) is 11.5 Å². The summed E-state index contributed by atoms with van der Waals surface area (Å²) >= 11 is 0. The molecule has 29 heavy (non-hydrogen) atoms. The lowest BCUT2D eigenvalue weighted by Gasteiger charge is -2.27. The number of hydrogen-bond donors (Lipinski definition) is 2. The topological polar surface area (TPSA) is 76.7 Å². The van der Waals surface area contributed by atoms with Gasteiger partial charge in [-0.3, -0.25) is 9.59 Å². The van der Waals surface area contributed by atoms with Crippen LogP contribution in [-0.2, 0) is 9.59 Å². The number of benzene rings is 2. The molecule has 3 rings (SSSR count).